The second-order valence-electron chi connectivity index (χ2n) is 3.75. The fraction of sp³-hybridized carbons (Fsp3) is 0.667. The molecule has 0 spiro atoms. The average molecular weight is 165 g/mol. The molecular formula is C9H15N3. The first kappa shape index (κ1) is 7.80. The van der Waals surface area contributed by atoms with Crippen LogP contribution in [0.1, 0.15) is 31.4 Å². The van der Waals surface area contributed by atoms with Crippen LogP contribution in [0, 0.1) is 0 Å². The molecule has 1 aliphatic rings. The Bertz CT molecular complexity index is 260. The molecule has 0 aliphatic heterocycles. The largest absolute Gasteiger partial charge is 0.336 e. The van der Waals surface area contributed by atoms with E-state index in [4.69, 9.17) is 5.73 Å². The van der Waals surface area contributed by atoms with Gasteiger partial charge in [0.2, 0.25) is 0 Å². The van der Waals surface area contributed by atoms with E-state index in [1.165, 1.54) is 18.5 Å². The van der Waals surface area contributed by atoms with E-state index in [0.29, 0.717) is 0 Å². The van der Waals surface area contributed by atoms with Gasteiger partial charge < -0.3 is 10.3 Å². The molecular weight excluding hydrogens is 150 g/mol. The first-order valence-electron chi connectivity index (χ1n) is 4.53. The minimum absolute atomic E-state index is 0.214. The highest BCUT2D eigenvalue weighted by molar-refractivity contribution is 5.11. The predicted molar refractivity (Wildman–Crippen MR) is 47.9 cm³/mol. The number of imidazole rings is 1. The first-order valence-corrected chi connectivity index (χ1v) is 4.53. The fourth-order valence-electron chi connectivity index (χ4n) is 1.40. The fourth-order valence-corrected chi connectivity index (χ4v) is 1.40. The number of hydrogen-bond acceptors (Lipinski definition) is 2. The molecule has 1 heterocycles. The molecule has 2 rings (SSSR count). The number of hydrogen-bond donors (Lipinski definition) is 1. The van der Waals surface area contributed by atoms with Crippen molar-refractivity contribution in [1.29, 1.82) is 0 Å². The van der Waals surface area contributed by atoms with Gasteiger partial charge >= 0.3 is 0 Å². The molecule has 2 N–H and O–H groups in total. The molecule has 1 aromatic heterocycles. The molecule has 0 saturated heterocycles. The summed E-state index contributed by atoms with van der Waals surface area (Å²) in [5, 5.41) is 0. The Hall–Kier alpha value is -0.830. The Morgan fingerprint density at radius 1 is 1.75 bits per heavy atom. The normalized spacial score (nSPS) is 19.5. The topological polar surface area (TPSA) is 43.8 Å². The van der Waals surface area contributed by atoms with E-state index in [2.05, 4.69) is 15.7 Å². The molecule has 1 unspecified atom stereocenters. The highest BCUT2D eigenvalue weighted by Gasteiger charge is 2.25. The van der Waals surface area contributed by atoms with Crippen LogP contribution in [0.15, 0.2) is 12.5 Å². The lowest BCUT2D eigenvalue weighted by Crippen LogP contribution is -2.21. The SMILES string of the molecule is CC(N)Cn1cnc(C2CC2)c1. The van der Waals surface area contributed by atoms with Crippen molar-refractivity contribution in [2.24, 2.45) is 5.73 Å². The zero-order valence-corrected chi connectivity index (χ0v) is 7.40. The second kappa shape index (κ2) is 2.90. The van der Waals surface area contributed by atoms with Crippen LogP contribution >= 0.6 is 0 Å². The van der Waals surface area contributed by atoms with Crippen molar-refractivity contribution in [3.63, 3.8) is 0 Å². The summed E-state index contributed by atoms with van der Waals surface area (Å²) >= 11 is 0. The van der Waals surface area contributed by atoms with Crippen molar-refractivity contribution in [3.05, 3.63) is 18.2 Å². The maximum Gasteiger partial charge on any atom is 0.0950 e. The summed E-state index contributed by atoms with van der Waals surface area (Å²) in [4.78, 5) is 4.34. The van der Waals surface area contributed by atoms with Gasteiger partial charge in [-0.15, -0.1) is 0 Å². The second-order valence-corrected chi connectivity index (χ2v) is 3.75. The maximum atomic E-state index is 5.68. The summed E-state index contributed by atoms with van der Waals surface area (Å²) in [6.45, 7) is 2.89. The molecule has 0 radical (unpaired) electrons. The number of aromatic nitrogens is 2. The monoisotopic (exact) mass is 165 g/mol. The van der Waals surface area contributed by atoms with Gasteiger partial charge in [0.1, 0.15) is 0 Å². The minimum Gasteiger partial charge on any atom is -0.336 e. The molecule has 0 bridgehead atoms. The van der Waals surface area contributed by atoms with Gasteiger partial charge in [-0.25, -0.2) is 4.98 Å². The molecule has 1 saturated carbocycles. The van der Waals surface area contributed by atoms with E-state index in [1.54, 1.807) is 0 Å². The summed E-state index contributed by atoms with van der Waals surface area (Å²) in [5.41, 5.74) is 6.92. The van der Waals surface area contributed by atoms with E-state index in [0.717, 1.165) is 12.5 Å². The third-order valence-electron chi connectivity index (χ3n) is 2.15. The Labute approximate surface area is 72.6 Å². The summed E-state index contributed by atoms with van der Waals surface area (Å²) < 4.78 is 2.08. The first-order chi connectivity index (χ1) is 5.75. The number of nitrogens with zero attached hydrogens (tertiary/aromatic N) is 2. The lowest BCUT2D eigenvalue weighted by atomic mass is 10.3. The highest BCUT2D eigenvalue weighted by atomic mass is 15.0. The molecule has 66 valence electrons. The number of rotatable bonds is 3. The average Bonchev–Trinajstić information content (AvgIpc) is 2.73. The van der Waals surface area contributed by atoms with Crippen LogP contribution in [0.4, 0.5) is 0 Å². The molecule has 0 aromatic carbocycles. The van der Waals surface area contributed by atoms with E-state index < -0.39 is 0 Å². The van der Waals surface area contributed by atoms with E-state index in [9.17, 15) is 0 Å². The zero-order valence-electron chi connectivity index (χ0n) is 7.40. The smallest absolute Gasteiger partial charge is 0.0950 e. The van der Waals surface area contributed by atoms with Gasteiger partial charge in [-0.3, -0.25) is 0 Å². The van der Waals surface area contributed by atoms with Gasteiger partial charge in [-0.05, 0) is 19.8 Å². The van der Waals surface area contributed by atoms with Crippen LogP contribution in [0.25, 0.3) is 0 Å². The Kier molecular flexibility index (Phi) is 1.89. The highest BCUT2D eigenvalue weighted by Crippen LogP contribution is 2.38. The van der Waals surface area contributed by atoms with Crippen molar-refractivity contribution in [2.45, 2.75) is 38.3 Å². The third-order valence-corrected chi connectivity index (χ3v) is 2.15. The molecule has 1 aliphatic carbocycles. The Balaban J connectivity index is 2.03. The lowest BCUT2D eigenvalue weighted by Gasteiger charge is -2.04. The Morgan fingerprint density at radius 2 is 2.50 bits per heavy atom. The Morgan fingerprint density at radius 3 is 3.08 bits per heavy atom. The van der Waals surface area contributed by atoms with Crippen LogP contribution in [0.3, 0.4) is 0 Å². The molecule has 0 amide bonds. The lowest BCUT2D eigenvalue weighted by molar-refractivity contribution is 0.589. The van der Waals surface area contributed by atoms with E-state index >= 15 is 0 Å². The molecule has 1 aromatic rings. The molecule has 3 heteroatoms. The minimum atomic E-state index is 0.214. The summed E-state index contributed by atoms with van der Waals surface area (Å²) in [6, 6.07) is 0.214. The van der Waals surface area contributed by atoms with E-state index in [1.807, 2.05) is 13.3 Å². The number of nitrogens with two attached hydrogens (primary N) is 1. The van der Waals surface area contributed by atoms with Gasteiger partial charge in [0.15, 0.2) is 0 Å². The van der Waals surface area contributed by atoms with Crippen LogP contribution < -0.4 is 5.73 Å². The van der Waals surface area contributed by atoms with Crippen LogP contribution in [0.5, 0.6) is 0 Å². The van der Waals surface area contributed by atoms with Crippen molar-refractivity contribution < 1.29 is 0 Å². The van der Waals surface area contributed by atoms with Crippen LogP contribution in [0.2, 0.25) is 0 Å². The van der Waals surface area contributed by atoms with Gasteiger partial charge in [-0.2, -0.15) is 0 Å². The van der Waals surface area contributed by atoms with Gasteiger partial charge in [0.25, 0.3) is 0 Å². The van der Waals surface area contributed by atoms with Crippen LogP contribution in [-0.2, 0) is 6.54 Å². The standard InChI is InChI=1S/C9H15N3/c1-7(10)4-12-5-9(11-6-12)8-2-3-8/h5-8H,2-4,10H2,1H3. The third kappa shape index (κ3) is 1.67. The van der Waals surface area contributed by atoms with Crippen molar-refractivity contribution in [2.75, 3.05) is 0 Å². The van der Waals surface area contributed by atoms with Crippen molar-refractivity contribution >= 4 is 0 Å². The molecule has 3 nitrogen and oxygen atoms in total. The van der Waals surface area contributed by atoms with Crippen LogP contribution in [-0.4, -0.2) is 15.6 Å². The predicted octanol–water partition coefficient (Wildman–Crippen LogP) is 1.11. The van der Waals surface area contributed by atoms with E-state index in [-0.39, 0.29) is 6.04 Å². The van der Waals surface area contributed by atoms with Crippen molar-refractivity contribution in [3.8, 4) is 0 Å². The van der Waals surface area contributed by atoms with Gasteiger partial charge in [-0.1, -0.05) is 0 Å². The summed E-state index contributed by atoms with van der Waals surface area (Å²) in [5.74, 6) is 0.749. The maximum absolute atomic E-state index is 5.68. The summed E-state index contributed by atoms with van der Waals surface area (Å²) in [7, 11) is 0. The van der Waals surface area contributed by atoms with Gasteiger partial charge in [0, 0.05) is 24.7 Å². The zero-order chi connectivity index (χ0) is 8.55. The summed E-state index contributed by atoms with van der Waals surface area (Å²) in [6.07, 6.45) is 6.64. The molecule has 1 fully saturated rings. The van der Waals surface area contributed by atoms with Crippen molar-refractivity contribution in [1.82, 2.24) is 9.55 Å². The molecule has 12 heavy (non-hydrogen) atoms. The quantitative estimate of drug-likeness (QED) is 0.729. The van der Waals surface area contributed by atoms with Gasteiger partial charge in [0.05, 0.1) is 12.0 Å². The molecule has 1 atom stereocenters.